The van der Waals surface area contributed by atoms with Gasteiger partial charge in [-0.15, -0.1) is 0 Å². The molecule has 0 bridgehead atoms. The van der Waals surface area contributed by atoms with E-state index < -0.39 is 0 Å². The maximum Gasteiger partial charge on any atom is 2.00 e. The van der Waals surface area contributed by atoms with Gasteiger partial charge in [-0.3, -0.25) is 7.05 Å². The van der Waals surface area contributed by atoms with Crippen LogP contribution in [0.1, 0.15) is 25.7 Å². The van der Waals surface area contributed by atoms with Gasteiger partial charge in [0.1, 0.15) is 0 Å². The van der Waals surface area contributed by atoms with Crippen molar-refractivity contribution < 1.29 is 19.8 Å². The quantitative estimate of drug-likeness (QED) is 0.727. The van der Waals surface area contributed by atoms with E-state index in [1.165, 1.54) is 25.7 Å². The summed E-state index contributed by atoms with van der Waals surface area (Å²) in [4.78, 5) is 0. The van der Waals surface area contributed by atoms with Crippen LogP contribution in [0.3, 0.4) is 0 Å². The van der Waals surface area contributed by atoms with Gasteiger partial charge in [0.05, 0.1) is 0 Å². The molecule has 0 aliphatic heterocycles. The van der Waals surface area contributed by atoms with E-state index in [1.807, 2.05) is 0 Å². The fourth-order valence-corrected chi connectivity index (χ4v) is 1.48. The largest absolute Gasteiger partial charge is 2.00 e. The third kappa shape index (κ3) is 2.68. The molecule has 2 heteroatoms. The number of hydrogen-bond donors (Lipinski definition) is 1. The van der Waals surface area contributed by atoms with Crippen molar-refractivity contribution in [2.24, 2.45) is 5.92 Å². The summed E-state index contributed by atoms with van der Waals surface area (Å²) in [6.07, 6.45) is 5.23. The summed E-state index contributed by atoms with van der Waals surface area (Å²) in [5.74, 6) is 0.594. The van der Waals surface area contributed by atoms with Crippen LogP contribution in [0.5, 0.6) is 0 Å². The minimum atomic E-state index is 0. The van der Waals surface area contributed by atoms with E-state index in [0.717, 1.165) is 0 Å². The van der Waals surface area contributed by atoms with E-state index in [1.54, 1.807) is 0 Å². The Balaban J connectivity index is 0.000000810. The predicted octanol–water partition coefficient (Wildman–Crippen LogP) is 1.76. The number of rotatable bonds is 1. The molecule has 0 aromatic rings. The second-order valence-electron chi connectivity index (χ2n) is 2.86. The molecule has 1 fully saturated rings. The average molecular weight is 315 g/mol. The molecule has 10 heavy (non-hydrogen) atoms. The molecule has 1 rings (SSSR count). The van der Waals surface area contributed by atoms with E-state index in [0.29, 0.717) is 12.0 Å². The van der Waals surface area contributed by atoms with Crippen LogP contribution in [0.2, 0.25) is 0 Å². The average Bonchev–Trinajstić information content (AvgIpc) is 1.89. The molecular formula is C8H15NOs. The normalized spacial score (nSPS) is 33.0. The van der Waals surface area contributed by atoms with Crippen LogP contribution in [-0.4, -0.2) is 6.04 Å². The fraction of sp³-hybridized carbons (Fsp3) is 0.750. The first-order valence-corrected chi connectivity index (χ1v) is 3.70. The summed E-state index contributed by atoms with van der Waals surface area (Å²) in [5, 5.41) is 3.04. The van der Waals surface area contributed by atoms with E-state index in [2.05, 4.69) is 19.3 Å². The molecule has 0 saturated heterocycles. The molecule has 0 aromatic carbocycles. The number of hydrogen-bond acceptors (Lipinski definition) is 1. The van der Waals surface area contributed by atoms with Crippen LogP contribution in [0.4, 0.5) is 0 Å². The van der Waals surface area contributed by atoms with Crippen LogP contribution < -0.4 is 5.32 Å². The van der Waals surface area contributed by atoms with Crippen LogP contribution in [0.15, 0.2) is 0 Å². The Kier molecular flexibility index (Phi) is 5.59. The van der Waals surface area contributed by atoms with Gasteiger partial charge in [-0.2, -0.15) is 5.92 Å². The maximum atomic E-state index is 4.05. The van der Waals surface area contributed by atoms with E-state index in [-0.39, 0.29) is 19.8 Å². The summed E-state index contributed by atoms with van der Waals surface area (Å²) in [7, 11) is 3.67. The standard InChI is InChI=1S/C8H15N.Os/c1-7-5-3-4-6-8(7)9-2;/h7-9H,1-6H2;/q-2;+2. The third-order valence-electron chi connectivity index (χ3n) is 2.17. The molecule has 60 valence electrons. The maximum absolute atomic E-state index is 4.05. The second-order valence-corrected chi connectivity index (χ2v) is 2.86. The summed E-state index contributed by atoms with van der Waals surface area (Å²) in [5.41, 5.74) is 0. The molecule has 2 atom stereocenters. The van der Waals surface area contributed by atoms with Crippen molar-refractivity contribution in [1.29, 1.82) is 0 Å². The Bertz CT molecular complexity index is 85.3. The van der Waals surface area contributed by atoms with Gasteiger partial charge in [0, 0.05) is 0 Å². The first kappa shape index (κ1) is 10.6. The Morgan fingerprint density at radius 3 is 2.20 bits per heavy atom. The molecule has 1 aliphatic rings. The molecule has 1 N–H and O–H groups in total. The Morgan fingerprint density at radius 2 is 1.80 bits per heavy atom. The van der Waals surface area contributed by atoms with Crippen LogP contribution in [0, 0.1) is 19.9 Å². The van der Waals surface area contributed by atoms with Crippen molar-refractivity contribution >= 4 is 0 Å². The second kappa shape index (κ2) is 5.27. The zero-order valence-corrected chi connectivity index (χ0v) is 8.79. The van der Waals surface area contributed by atoms with E-state index >= 15 is 0 Å². The molecule has 1 nitrogen and oxygen atoms in total. The summed E-state index contributed by atoms with van der Waals surface area (Å²) < 4.78 is 0. The molecule has 0 heterocycles. The monoisotopic (exact) mass is 317 g/mol. The Morgan fingerprint density at radius 1 is 1.20 bits per heavy atom. The van der Waals surface area contributed by atoms with Gasteiger partial charge in [0.15, 0.2) is 0 Å². The molecule has 0 spiro atoms. The molecular weight excluding hydrogens is 300 g/mol. The van der Waals surface area contributed by atoms with Crippen molar-refractivity contribution in [3.05, 3.63) is 14.0 Å². The SMILES string of the molecule is [CH2-]NC1CCCCC1[CH2-].[Os+2]. The van der Waals surface area contributed by atoms with Gasteiger partial charge in [-0.05, 0) is 12.5 Å². The minimum absolute atomic E-state index is 0. The van der Waals surface area contributed by atoms with Crippen molar-refractivity contribution in [3.8, 4) is 0 Å². The zero-order chi connectivity index (χ0) is 6.69. The third-order valence-corrected chi connectivity index (χ3v) is 2.17. The van der Waals surface area contributed by atoms with Gasteiger partial charge in [0.2, 0.25) is 0 Å². The van der Waals surface area contributed by atoms with Gasteiger partial charge in [-0.25, -0.2) is 0 Å². The predicted molar refractivity (Wildman–Crippen MR) is 39.6 cm³/mol. The molecule has 0 aromatic heterocycles. The van der Waals surface area contributed by atoms with Crippen molar-refractivity contribution in [1.82, 2.24) is 5.32 Å². The molecule has 0 amide bonds. The molecule has 1 saturated carbocycles. The van der Waals surface area contributed by atoms with Gasteiger partial charge in [-0.1, -0.05) is 19.3 Å². The van der Waals surface area contributed by atoms with E-state index in [4.69, 9.17) is 0 Å². The zero-order valence-electron chi connectivity index (χ0n) is 6.25. The van der Waals surface area contributed by atoms with Gasteiger partial charge >= 0.3 is 19.8 Å². The van der Waals surface area contributed by atoms with Crippen LogP contribution in [0.25, 0.3) is 0 Å². The Labute approximate surface area is 77.0 Å². The Hall–Kier alpha value is 0.596. The molecule has 1 aliphatic carbocycles. The van der Waals surface area contributed by atoms with Crippen molar-refractivity contribution in [2.75, 3.05) is 0 Å². The molecule has 2 unspecified atom stereocenters. The summed E-state index contributed by atoms with van der Waals surface area (Å²) in [6, 6.07) is 0.582. The first-order valence-electron chi connectivity index (χ1n) is 3.70. The number of nitrogens with one attached hydrogen (secondary N) is 1. The minimum Gasteiger partial charge on any atom is -0.472 e. The smallest absolute Gasteiger partial charge is 0.472 e. The van der Waals surface area contributed by atoms with Crippen LogP contribution in [-0.2, 0) is 19.8 Å². The van der Waals surface area contributed by atoms with Gasteiger partial charge in [0.25, 0.3) is 0 Å². The first-order chi connectivity index (χ1) is 4.34. The van der Waals surface area contributed by atoms with Crippen molar-refractivity contribution in [2.45, 2.75) is 31.7 Å². The molecule has 0 radical (unpaired) electrons. The van der Waals surface area contributed by atoms with Crippen molar-refractivity contribution in [3.63, 3.8) is 0 Å². The summed E-state index contributed by atoms with van der Waals surface area (Å²) in [6.45, 7) is 4.05. The fourth-order valence-electron chi connectivity index (χ4n) is 1.48. The summed E-state index contributed by atoms with van der Waals surface area (Å²) >= 11 is 0. The van der Waals surface area contributed by atoms with E-state index in [9.17, 15) is 0 Å². The van der Waals surface area contributed by atoms with Gasteiger partial charge < -0.3 is 12.2 Å². The van der Waals surface area contributed by atoms with Crippen LogP contribution >= 0.6 is 0 Å². The topological polar surface area (TPSA) is 12.0 Å².